The highest BCUT2D eigenvalue weighted by molar-refractivity contribution is 7.13. The number of rotatable bonds is 21. The van der Waals surface area contributed by atoms with Crippen molar-refractivity contribution in [1.29, 1.82) is 0 Å². The third-order valence-electron chi connectivity index (χ3n) is 26.0. The summed E-state index contributed by atoms with van der Waals surface area (Å²) in [6, 6.07) is 56.3. The van der Waals surface area contributed by atoms with Gasteiger partial charge in [-0.1, -0.05) is 119 Å². The van der Waals surface area contributed by atoms with E-state index in [0.717, 1.165) is 208 Å². The number of amides is 5. The number of pyridine rings is 3. The maximum Gasteiger partial charge on any atom is 0.252 e. The van der Waals surface area contributed by atoms with Crippen LogP contribution in [0.5, 0.6) is 34.5 Å². The van der Waals surface area contributed by atoms with Crippen molar-refractivity contribution in [3.05, 3.63) is 290 Å². The molecule has 7 aromatic carbocycles. The summed E-state index contributed by atoms with van der Waals surface area (Å²) in [5, 5.41) is 4.39. The maximum atomic E-state index is 12.2. The Labute approximate surface area is 816 Å². The highest BCUT2D eigenvalue weighted by atomic mass is 35.5. The monoisotopic (exact) mass is 1920 g/mol. The first-order valence-corrected chi connectivity index (χ1v) is 47.9. The summed E-state index contributed by atoms with van der Waals surface area (Å²) >= 11 is 12.3. The molecule has 716 valence electrons. The molecule has 4 aliphatic heterocycles. The quantitative estimate of drug-likeness (QED) is 0.0310. The van der Waals surface area contributed by atoms with Crippen molar-refractivity contribution < 1.29 is 38.2 Å². The number of aromatic nitrogens is 6. The number of piperazine rings is 4. The summed E-state index contributed by atoms with van der Waals surface area (Å²) < 4.78 is 22.3. The van der Waals surface area contributed by atoms with E-state index >= 15 is 0 Å². The van der Waals surface area contributed by atoms with Gasteiger partial charge in [0.15, 0.2) is 0 Å². The van der Waals surface area contributed by atoms with Gasteiger partial charge < -0.3 is 77.4 Å². The Bertz CT molecular complexity index is 6550. The number of allylic oxidation sites excluding steroid dienone is 2. The van der Waals surface area contributed by atoms with Crippen molar-refractivity contribution in [3.8, 4) is 34.5 Å². The Hall–Kier alpha value is -12.7. The molecular formula is C106H125Cl2N19O8P2. The van der Waals surface area contributed by atoms with Gasteiger partial charge in [-0.15, -0.1) is 0 Å². The van der Waals surface area contributed by atoms with Gasteiger partial charge in [0.2, 0.25) is 11.8 Å². The molecule has 27 nitrogen and oxygen atoms in total. The molecule has 0 bridgehead atoms. The zero-order valence-corrected chi connectivity index (χ0v) is 82.0. The number of hydrogen-bond donors (Lipinski definition) is 8. The lowest BCUT2D eigenvalue weighted by atomic mass is 9.72. The highest BCUT2D eigenvalue weighted by Gasteiger charge is 2.33. The van der Waals surface area contributed by atoms with Crippen LogP contribution >= 0.6 is 42.0 Å². The fraction of sp³-hybridized carbons (Fsp3) is 0.321. The van der Waals surface area contributed by atoms with Gasteiger partial charge in [0.1, 0.15) is 51.4 Å². The molecule has 10 heterocycles. The molecule has 19 rings (SSSR count). The van der Waals surface area contributed by atoms with Crippen molar-refractivity contribution >= 4 is 139 Å². The number of benzene rings is 7. The Morgan fingerprint density at radius 2 is 0.664 bits per heavy atom. The van der Waals surface area contributed by atoms with Crippen molar-refractivity contribution in [2.24, 2.45) is 39.5 Å². The summed E-state index contributed by atoms with van der Waals surface area (Å²) in [5.41, 5.74) is 48.6. The molecule has 2 aliphatic carbocycles. The number of anilines is 4. The van der Waals surface area contributed by atoms with Crippen LogP contribution in [0.15, 0.2) is 224 Å². The Balaban J connectivity index is 0.000000141. The van der Waals surface area contributed by atoms with Crippen molar-refractivity contribution in [3.63, 3.8) is 0 Å². The molecule has 5 amide bonds. The number of ether oxygens (including phenoxy) is 3. The number of H-pyrrole nitrogens is 3. The second-order valence-corrected chi connectivity index (χ2v) is 39.5. The zero-order chi connectivity index (χ0) is 96.1. The first-order chi connectivity index (χ1) is 65.3. The average Bonchev–Trinajstić information content (AvgIpc) is 1.78. The largest absolute Gasteiger partial charge is 0.455 e. The molecule has 13 aromatic rings. The van der Waals surface area contributed by atoms with E-state index in [4.69, 9.17) is 66.1 Å². The minimum Gasteiger partial charge on any atom is -0.455 e. The van der Waals surface area contributed by atoms with Crippen LogP contribution in [0, 0.1) is 31.6 Å². The fourth-order valence-corrected chi connectivity index (χ4v) is 18.9. The topological polar surface area (TPSA) is 355 Å². The van der Waals surface area contributed by atoms with E-state index in [1.54, 1.807) is 54.0 Å². The van der Waals surface area contributed by atoms with E-state index in [2.05, 4.69) is 145 Å². The maximum absolute atomic E-state index is 12.2. The highest BCUT2D eigenvalue weighted by Crippen LogP contribution is 2.46. The van der Waals surface area contributed by atoms with E-state index in [-0.39, 0.29) is 19.2 Å². The number of carbonyl (C=O) groups excluding carboxylic acids is 5. The molecule has 137 heavy (non-hydrogen) atoms. The lowest BCUT2D eigenvalue weighted by molar-refractivity contribution is 0.0989. The summed E-state index contributed by atoms with van der Waals surface area (Å²) in [6.45, 7) is 33.0. The van der Waals surface area contributed by atoms with E-state index < -0.39 is 17.7 Å². The van der Waals surface area contributed by atoms with Gasteiger partial charge in [0.25, 0.3) is 17.7 Å². The first-order valence-electron chi connectivity index (χ1n) is 46.1. The average molecular weight is 1930 g/mol. The SMILES string of the molecule is C.CC1(C)CCC(CN2CCN(c3ccc(C(N)=O)c(Oc4cnc5[nH]ccc5c4)c3)CC2)=C(c2ccc(Cl)cc2)C1.Cc1cc(N2CCN(CC3=C(c4ccc(Cl)cc4)CC(C)(C)CC3)CC2)ccc1C(N)=O.Cc1cc(N2CCN(P)CC2)ccc1C(N)=O.Cc1ccc(C(N)=O)c(Oc2cnc3[nH]ccc3c2)c1.NC(=O)c1ccc(N2CCN(P)CC2)cc1Oc1cnc2[nH]ccc2c1. The van der Waals surface area contributed by atoms with Crippen LogP contribution in [0.3, 0.4) is 0 Å². The van der Waals surface area contributed by atoms with Crippen LogP contribution in [-0.2, 0) is 0 Å². The summed E-state index contributed by atoms with van der Waals surface area (Å²) in [4.78, 5) is 94.7. The number of nitrogens with two attached hydrogens (primary N) is 5. The molecule has 2 unspecified atom stereocenters. The number of nitrogens with zero attached hydrogens (tertiary/aromatic N) is 11. The minimum atomic E-state index is -0.521. The lowest BCUT2D eigenvalue weighted by Crippen LogP contribution is -2.47. The van der Waals surface area contributed by atoms with E-state index in [1.807, 2.05) is 161 Å². The molecular weight excluding hydrogens is 1800 g/mol. The molecule has 13 N–H and O–H groups in total. The number of aryl methyl sites for hydroxylation is 3. The molecule has 6 aliphatic rings. The third-order valence-corrected chi connectivity index (χ3v) is 27.6. The van der Waals surface area contributed by atoms with Crippen LogP contribution in [0.25, 0.3) is 44.2 Å². The fourth-order valence-electron chi connectivity index (χ4n) is 18.2. The zero-order valence-electron chi connectivity index (χ0n) is 78.2. The molecule has 4 saturated heterocycles. The smallest absolute Gasteiger partial charge is 0.252 e. The van der Waals surface area contributed by atoms with Crippen LogP contribution in [0.1, 0.15) is 153 Å². The van der Waals surface area contributed by atoms with Crippen LogP contribution in [0.4, 0.5) is 22.7 Å². The summed E-state index contributed by atoms with van der Waals surface area (Å²) in [6.07, 6.45) is 17.3. The molecule has 0 saturated carbocycles. The number of hydrogen-bond acceptors (Lipinski definition) is 19. The molecule has 0 spiro atoms. The molecule has 31 heteroatoms. The van der Waals surface area contributed by atoms with Gasteiger partial charge in [0, 0.05) is 209 Å². The van der Waals surface area contributed by atoms with Gasteiger partial charge in [0.05, 0.1) is 35.3 Å². The minimum absolute atomic E-state index is 0. The van der Waals surface area contributed by atoms with Crippen LogP contribution in [-0.4, -0.2) is 196 Å². The number of primary amides is 5. The Morgan fingerprint density at radius 1 is 0.372 bits per heavy atom. The van der Waals surface area contributed by atoms with Gasteiger partial charge in [-0.25, -0.2) is 15.0 Å². The number of halogens is 2. The Kier molecular flexibility index (Phi) is 33.0. The lowest BCUT2D eigenvalue weighted by Gasteiger charge is -2.39. The van der Waals surface area contributed by atoms with Gasteiger partial charge in [-0.2, -0.15) is 0 Å². The predicted octanol–water partition coefficient (Wildman–Crippen LogP) is 19.2. The standard InChI is InChI=1S/C33H36ClN5O2.C27H34ClN3O.C18H20N5O2P.C15H13N3O2.C12H18N3OP.CH4/c1-33(2)11-9-24(29(19-33)22-3-5-25(34)6-4-22)21-38-13-15-39(16-14-38)26-7-8-28(31(35)40)30(18-26)41-27-17-23-10-12-36-32(23)37-20-27;1-19-16-23(8-9-24(19)26(29)32)31-14-12-30(13-15-31)18-21-10-11-27(2,3)17-25(21)20-4-6-22(28)7-5-20;19-17(24)15-2-1-13(22-5-7-23(26)8-6-22)10-16(15)25-14-9-12-3-4-20-18(12)21-11-14;1-9-2-3-12(14(16)19)13(6-9)20-11-7-10-4-5-17-15(10)18-8-11;1-9-8-10(2-3-11(9)12(13)16)14-4-6-15(17)7-5-14;/h3-8,10,12,17-18,20H,9,11,13-16,19,21H2,1-2H3,(H2,35,40)(H,36,37);4-9,16H,10-15,17-18H2,1-3H3,(H2,29,32);1-4,9-11H,5-8,26H2,(H2,19,24)(H,20,21);2-8H,1H3,(H2,16,19)(H,17,18);2-3,8H,4-7,17H2,1H3,(H2,13,16);1H4. The van der Waals surface area contributed by atoms with Gasteiger partial charge in [-0.3, -0.25) is 43.1 Å². The normalized spacial score (nSPS) is 16.4. The third kappa shape index (κ3) is 26.2. The summed E-state index contributed by atoms with van der Waals surface area (Å²) in [7, 11) is 5.47. The van der Waals surface area contributed by atoms with E-state index in [0.29, 0.717) is 73.1 Å². The van der Waals surface area contributed by atoms with Gasteiger partial charge >= 0.3 is 0 Å². The van der Waals surface area contributed by atoms with Crippen molar-refractivity contribution in [2.75, 3.05) is 137 Å². The number of nitrogens with one attached hydrogen (secondary N) is 3. The predicted molar refractivity (Wildman–Crippen MR) is 561 cm³/mol. The molecule has 2 atom stereocenters. The number of carbonyl (C=O) groups is 5. The number of aromatic amines is 3. The second-order valence-electron chi connectivity index (χ2n) is 37.2. The second kappa shape index (κ2) is 45.1. The van der Waals surface area contributed by atoms with Crippen molar-refractivity contribution in [2.45, 2.75) is 94.4 Å². The number of fused-ring (bicyclic) bond motifs is 3. The molecule has 0 radical (unpaired) electrons. The molecule has 6 aromatic heterocycles. The summed E-state index contributed by atoms with van der Waals surface area (Å²) in [5.74, 6) is 0.730. The van der Waals surface area contributed by atoms with E-state index in [9.17, 15) is 24.0 Å². The van der Waals surface area contributed by atoms with Crippen LogP contribution in [0.2, 0.25) is 10.0 Å². The van der Waals surface area contributed by atoms with Crippen LogP contribution < -0.4 is 62.5 Å². The van der Waals surface area contributed by atoms with Gasteiger partial charge in [-0.05, 0) is 243 Å². The van der Waals surface area contributed by atoms with Crippen molar-refractivity contribution in [1.82, 2.24) is 49.0 Å². The Morgan fingerprint density at radius 3 is 0.978 bits per heavy atom. The first kappa shape index (κ1) is 100. The molecule has 4 fully saturated rings. The van der Waals surface area contributed by atoms with E-state index in [1.165, 1.54) is 52.9 Å².